The topological polar surface area (TPSA) is 86.3 Å². The summed E-state index contributed by atoms with van der Waals surface area (Å²) in [6, 6.07) is 7.08. The number of ether oxygens (including phenoxy) is 4. The Labute approximate surface area is 224 Å². The van der Waals surface area contributed by atoms with E-state index in [0.717, 1.165) is 19.6 Å². The SMILES string of the molecule is C=CCN(CC=C)CCOCCOCC1=C(C(=O)OCC)C(c2ccccc2Cl)C(C(=O)OC)=C(C)N1. The van der Waals surface area contributed by atoms with E-state index in [0.29, 0.717) is 41.8 Å². The van der Waals surface area contributed by atoms with Crippen LogP contribution in [0.15, 0.2) is 72.1 Å². The predicted octanol–water partition coefficient (Wildman–Crippen LogP) is 4.00. The van der Waals surface area contributed by atoms with E-state index >= 15 is 0 Å². The number of hydrogen-bond donors (Lipinski definition) is 1. The molecule has 1 aliphatic rings. The van der Waals surface area contributed by atoms with Gasteiger partial charge in [0.25, 0.3) is 0 Å². The maximum Gasteiger partial charge on any atom is 0.336 e. The maximum atomic E-state index is 13.2. The lowest BCUT2D eigenvalue weighted by Crippen LogP contribution is -2.35. The zero-order chi connectivity index (χ0) is 27.2. The number of allylic oxidation sites excluding steroid dienone is 1. The lowest BCUT2D eigenvalue weighted by Gasteiger charge is -2.31. The number of dihydropyridines is 1. The van der Waals surface area contributed by atoms with Crippen LogP contribution in [-0.4, -0.2) is 76.6 Å². The van der Waals surface area contributed by atoms with Gasteiger partial charge in [-0.25, -0.2) is 9.59 Å². The van der Waals surface area contributed by atoms with Gasteiger partial charge in [0.2, 0.25) is 0 Å². The van der Waals surface area contributed by atoms with Crippen molar-refractivity contribution in [1.82, 2.24) is 10.2 Å². The first kappa shape index (κ1) is 30.3. The van der Waals surface area contributed by atoms with E-state index in [2.05, 4.69) is 23.4 Å². The molecule has 1 aromatic rings. The standard InChI is InChI=1S/C28H37ClN2O6/c1-6-13-31(14-7-2)15-16-35-17-18-36-19-23-26(28(33)37-8-3)25(21-11-9-10-12-22(21)29)24(20(4)30-23)27(32)34-5/h6-7,9-12,25,30H,1-2,8,13-19H2,3-5H3. The third-order valence-electron chi connectivity index (χ3n) is 5.71. The number of methoxy groups -OCH3 is 1. The molecular formula is C28H37ClN2O6. The average Bonchev–Trinajstić information content (AvgIpc) is 2.88. The Bertz CT molecular complexity index is 1010. The zero-order valence-corrected chi connectivity index (χ0v) is 22.6. The molecule has 1 unspecified atom stereocenters. The van der Waals surface area contributed by atoms with Crippen LogP contribution in [0.2, 0.25) is 5.02 Å². The summed E-state index contributed by atoms with van der Waals surface area (Å²) in [7, 11) is 1.30. The summed E-state index contributed by atoms with van der Waals surface area (Å²) >= 11 is 6.52. The first-order valence-corrected chi connectivity index (χ1v) is 12.6. The number of nitrogens with one attached hydrogen (secondary N) is 1. The third kappa shape index (κ3) is 8.57. The van der Waals surface area contributed by atoms with Crippen molar-refractivity contribution < 1.29 is 28.5 Å². The van der Waals surface area contributed by atoms with Crippen molar-refractivity contribution >= 4 is 23.5 Å². The molecule has 1 N–H and O–H groups in total. The summed E-state index contributed by atoms with van der Waals surface area (Å²) in [5.41, 5.74) is 2.18. The molecule has 0 saturated heterocycles. The predicted molar refractivity (Wildman–Crippen MR) is 144 cm³/mol. The number of rotatable bonds is 16. The molecule has 8 nitrogen and oxygen atoms in total. The van der Waals surface area contributed by atoms with Gasteiger partial charge in [0.1, 0.15) is 0 Å². The van der Waals surface area contributed by atoms with E-state index in [1.807, 2.05) is 12.2 Å². The molecule has 0 bridgehead atoms. The summed E-state index contributed by atoms with van der Waals surface area (Å²) in [6.07, 6.45) is 3.69. The minimum atomic E-state index is -0.781. The summed E-state index contributed by atoms with van der Waals surface area (Å²) in [4.78, 5) is 28.1. The molecule has 1 atom stereocenters. The third-order valence-corrected chi connectivity index (χ3v) is 6.05. The van der Waals surface area contributed by atoms with E-state index in [1.165, 1.54) is 7.11 Å². The Morgan fingerprint density at radius 3 is 2.35 bits per heavy atom. The Kier molecular flexibility index (Phi) is 13.1. The molecule has 37 heavy (non-hydrogen) atoms. The fourth-order valence-corrected chi connectivity index (χ4v) is 4.32. The summed E-state index contributed by atoms with van der Waals surface area (Å²) < 4.78 is 22.0. The molecule has 202 valence electrons. The zero-order valence-electron chi connectivity index (χ0n) is 21.9. The molecule has 0 fully saturated rings. The fourth-order valence-electron chi connectivity index (χ4n) is 4.07. The van der Waals surface area contributed by atoms with Crippen molar-refractivity contribution in [3.05, 3.63) is 82.7 Å². The molecule has 0 aromatic heterocycles. The Morgan fingerprint density at radius 1 is 1.05 bits per heavy atom. The van der Waals surface area contributed by atoms with Crippen LogP contribution in [0.4, 0.5) is 0 Å². The molecule has 0 saturated carbocycles. The summed E-state index contributed by atoms with van der Waals surface area (Å²) in [6.45, 7) is 14.8. The summed E-state index contributed by atoms with van der Waals surface area (Å²) in [5.74, 6) is -1.91. The highest BCUT2D eigenvalue weighted by Gasteiger charge is 2.39. The van der Waals surface area contributed by atoms with Gasteiger partial charge in [-0.3, -0.25) is 4.90 Å². The molecule has 1 aromatic carbocycles. The molecule has 0 aliphatic carbocycles. The van der Waals surface area contributed by atoms with E-state index in [1.54, 1.807) is 38.1 Å². The van der Waals surface area contributed by atoms with Crippen LogP contribution in [0.3, 0.4) is 0 Å². The smallest absolute Gasteiger partial charge is 0.336 e. The molecule has 1 heterocycles. The highest BCUT2D eigenvalue weighted by Crippen LogP contribution is 2.41. The lowest BCUT2D eigenvalue weighted by molar-refractivity contribution is -0.139. The van der Waals surface area contributed by atoms with Gasteiger partial charge in [0.05, 0.1) is 62.9 Å². The average molecular weight is 533 g/mol. The first-order valence-electron chi connectivity index (χ1n) is 12.2. The van der Waals surface area contributed by atoms with Crippen LogP contribution < -0.4 is 5.32 Å². The van der Waals surface area contributed by atoms with Gasteiger partial charge in [-0.1, -0.05) is 42.0 Å². The second-order valence-electron chi connectivity index (χ2n) is 8.22. The van der Waals surface area contributed by atoms with Gasteiger partial charge in [-0.2, -0.15) is 0 Å². The maximum absolute atomic E-state index is 13.2. The van der Waals surface area contributed by atoms with Crippen molar-refractivity contribution in [2.45, 2.75) is 19.8 Å². The van der Waals surface area contributed by atoms with Gasteiger partial charge in [0.15, 0.2) is 0 Å². The molecular weight excluding hydrogens is 496 g/mol. The van der Waals surface area contributed by atoms with Crippen LogP contribution in [-0.2, 0) is 28.5 Å². The van der Waals surface area contributed by atoms with Crippen LogP contribution in [0.1, 0.15) is 25.3 Å². The number of carbonyl (C=O) groups excluding carboxylic acids is 2. The Balaban J connectivity index is 2.20. The Morgan fingerprint density at radius 2 is 1.73 bits per heavy atom. The molecule has 0 amide bonds. The van der Waals surface area contributed by atoms with Crippen LogP contribution in [0.5, 0.6) is 0 Å². The highest BCUT2D eigenvalue weighted by atomic mass is 35.5. The number of esters is 2. The minimum Gasteiger partial charge on any atom is -0.466 e. The van der Waals surface area contributed by atoms with Crippen molar-refractivity contribution in [1.29, 1.82) is 0 Å². The molecule has 0 spiro atoms. The Hall–Kier alpha value is -2.91. The minimum absolute atomic E-state index is 0.0866. The normalized spacial score (nSPS) is 15.4. The van der Waals surface area contributed by atoms with Crippen LogP contribution in [0.25, 0.3) is 0 Å². The van der Waals surface area contributed by atoms with E-state index in [4.69, 9.17) is 30.5 Å². The van der Waals surface area contributed by atoms with Gasteiger partial charge >= 0.3 is 11.9 Å². The second kappa shape index (κ2) is 16.0. The largest absolute Gasteiger partial charge is 0.466 e. The van der Waals surface area contributed by atoms with E-state index in [-0.39, 0.29) is 24.4 Å². The van der Waals surface area contributed by atoms with Crippen LogP contribution >= 0.6 is 11.6 Å². The molecule has 9 heteroatoms. The van der Waals surface area contributed by atoms with Crippen molar-refractivity contribution in [3.8, 4) is 0 Å². The van der Waals surface area contributed by atoms with E-state index in [9.17, 15) is 9.59 Å². The van der Waals surface area contributed by atoms with Gasteiger partial charge in [0, 0.05) is 30.4 Å². The second-order valence-corrected chi connectivity index (χ2v) is 8.63. The molecule has 0 radical (unpaired) electrons. The number of nitrogens with zero attached hydrogens (tertiary/aromatic N) is 1. The number of halogens is 1. The molecule has 2 rings (SSSR count). The van der Waals surface area contributed by atoms with Gasteiger partial charge < -0.3 is 24.3 Å². The van der Waals surface area contributed by atoms with Crippen molar-refractivity contribution in [3.63, 3.8) is 0 Å². The monoisotopic (exact) mass is 532 g/mol. The first-order chi connectivity index (χ1) is 17.9. The van der Waals surface area contributed by atoms with Crippen molar-refractivity contribution in [2.75, 3.05) is 59.8 Å². The van der Waals surface area contributed by atoms with Crippen molar-refractivity contribution in [2.24, 2.45) is 0 Å². The highest BCUT2D eigenvalue weighted by molar-refractivity contribution is 6.31. The van der Waals surface area contributed by atoms with Gasteiger partial charge in [-0.15, -0.1) is 13.2 Å². The number of benzene rings is 1. The van der Waals surface area contributed by atoms with Crippen LogP contribution in [0, 0.1) is 0 Å². The lowest BCUT2D eigenvalue weighted by atomic mass is 9.80. The quantitative estimate of drug-likeness (QED) is 0.194. The fraction of sp³-hybridized carbons (Fsp3) is 0.429. The number of carbonyl (C=O) groups is 2. The number of hydrogen-bond acceptors (Lipinski definition) is 8. The van der Waals surface area contributed by atoms with E-state index < -0.39 is 17.9 Å². The molecule has 1 aliphatic heterocycles. The summed E-state index contributed by atoms with van der Waals surface area (Å²) in [5, 5.41) is 3.58. The van der Waals surface area contributed by atoms with Gasteiger partial charge in [-0.05, 0) is 25.5 Å².